The molecule has 2 heterocycles. The molecule has 3 rings (SSSR count). The molecule has 1 aliphatic carbocycles. The smallest absolute Gasteiger partial charge is 0.262 e. The van der Waals surface area contributed by atoms with Gasteiger partial charge in [-0.2, -0.15) is 0 Å². The lowest BCUT2D eigenvalue weighted by atomic mass is 10.2. The van der Waals surface area contributed by atoms with Gasteiger partial charge in [-0.1, -0.05) is 11.8 Å². The van der Waals surface area contributed by atoms with Gasteiger partial charge < -0.3 is 4.90 Å². The molecule has 0 aromatic carbocycles. The number of amides is 1. The van der Waals surface area contributed by atoms with Crippen molar-refractivity contribution in [2.24, 2.45) is 7.05 Å². The Morgan fingerprint density at radius 2 is 2.19 bits per heavy atom. The molecule has 112 valence electrons. The van der Waals surface area contributed by atoms with Gasteiger partial charge in [-0.25, -0.2) is 4.98 Å². The van der Waals surface area contributed by atoms with Crippen LogP contribution in [0.25, 0.3) is 10.2 Å². The van der Waals surface area contributed by atoms with Crippen LogP contribution in [0.5, 0.6) is 0 Å². The minimum absolute atomic E-state index is 0.0132. The summed E-state index contributed by atoms with van der Waals surface area (Å²) < 4.78 is 1.57. The molecule has 5 nitrogen and oxygen atoms in total. The van der Waals surface area contributed by atoms with E-state index in [9.17, 15) is 9.59 Å². The zero-order chi connectivity index (χ0) is 15.1. The van der Waals surface area contributed by atoms with Crippen molar-refractivity contribution >= 4 is 39.2 Å². The average molecular weight is 323 g/mol. The summed E-state index contributed by atoms with van der Waals surface area (Å²) in [4.78, 5) is 32.5. The van der Waals surface area contributed by atoms with Gasteiger partial charge in [0.25, 0.3) is 5.56 Å². The second kappa shape index (κ2) is 5.46. The Morgan fingerprint density at radius 1 is 1.43 bits per heavy atom. The first kappa shape index (κ1) is 14.6. The minimum atomic E-state index is 0.0132. The molecule has 0 spiro atoms. The summed E-state index contributed by atoms with van der Waals surface area (Å²) in [5, 5.41) is 1.40. The van der Waals surface area contributed by atoms with Crippen molar-refractivity contribution in [3.05, 3.63) is 20.8 Å². The van der Waals surface area contributed by atoms with Gasteiger partial charge >= 0.3 is 0 Å². The number of aryl methyl sites for hydroxylation is 2. The van der Waals surface area contributed by atoms with Crippen LogP contribution in [0.3, 0.4) is 0 Å². The van der Waals surface area contributed by atoms with E-state index in [1.807, 2.05) is 0 Å². The van der Waals surface area contributed by atoms with E-state index in [1.54, 1.807) is 41.9 Å². The predicted molar refractivity (Wildman–Crippen MR) is 86.3 cm³/mol. The lowest BCUT2D eigenvalue weighted by Gasteiger charge is -2.11. The van der Waals surface area contributed by atoms with Crippen molar-refractivity contribution in [3.63, 3.8) is 0 Å². The van der Waals surface area contributed by atoms with Crippen molar-refractivity contribution in [2.45, 2.75) is 24.4 Å². The normalized spacial score (nSPS) is 13.7. The van der Waals surface area contributed by atoms with Gasteiger partial charge in [0.2, 0.25) is 5.91 Å². The second-order valence-electron chi connectivity index (χ2n) is 5.37. The first-order chi connectivity index (χ1) is 9.99. The van der Waals surface area contributed by atoms with Crippen molar-refractivity contribution in [3.8, 4) is 0 Å². The van der Waals surface area contributed by atoms with Gasteiger partial charge in [-0.15, -0.1) is 11.3 Å². The third-order valence-corrected chi connectivity index (χ3v) is 5.93. The van der Waals surface area contributed by atoms with Gasteiger partial charge in [-0.05, 0) is 24.8 Å². The number of aromatic nitrogens is 2. The van der Waals surface area contributed by atoms with E-state index in [-0.39, 0.29) is 11.5 Å². The lowest BCUT2D eigenvalue weighted by Crippen LogP contribution is -2.25. The number of carbonyl (C=O) groups excluding carboxylic acids is 1. The molecule has 0 saturated heterocycles. The highest BCUT2D eigenvalue weighted by molar-refractivity contribution is 7.99. The molecule has 0 saturated carbocycles. The van der Waals surface area contributed by atoms with Crippen LogP contribution in [0, 0.1) is 0 Å². The fraction of sp³-hybridized carbons (Fsp3) is 0.500. The van der Waals surface area contributed by atoms with E-state index >= 15 is 0 Å². The molecule has 2 aromatic rings. The number of rotatable bonds is 3. The first-order valence-corrected chi connectivity index (χ1v) is 8.63. The average Bonchev–Trinajstić information content (AvgIpc) is 3.00. The third-order valence-electron chi connectivity index (χ3n) is 3.73. The fourth-order valence-corrected chi connectivity index (χ4v) is 4.74. The standard InChI is InChI=1S/C14H17N3O2S2/c1-16(2)10(18)7-20-14-15-12-11(13(19)17(14)3)8-5-4-6-9(8)21-12/h4-7H2,1-3H3. The number of hydrogen-bond acceptors (Lipinski definition) is 5. The number of carbonyl (C=O) groups is 1. The highest BCUT2D eigenvalue weighted by Gasteiger charge is 2.22. The number of thioether (sulfide) groups is 1. The van der Waals surface area contributed by atoms with Crippen LogP contribution in [0.4, 0.5) is 0 Å². The highest BCUT2D eigenvalue weighted by Crippen LogP contribution is 2.35. The van der Waals surface area contributed by atoms with Crippen LogP contribution < -0.4 is 5.56 Å². The monoisotopic (exact) mass is 323 g/mol. The fourth-order valence-electron chi connectivity index (χ4n) is 2.49. The van der Waals surface area contributed by atoms with Gasteiger partial charge in [0, 0.05) is 26.0 Å². The van der Waals surface area contributed by atoms with Gasteiger partial charge in [0.1, 0.15) is 4.83 Å². The van der Waals surface area contributed by atoms with Crippen molar-refractivity contribution in [1.82, 2.24) is 14.5 Å². The van der Waals surface area contributed by atoms with Gasteiger partial charge in [-0.3, -0.25) is 14.2 Å². The number of thiophene rings is 1. The van der Waals surface area contributed by atoms with E-state index < -0.39 is 0 Å². The molecule has 21 heavy (non-hydrogen) atoms. The Morgan fingerprint density at radius 3 is 2.90 bits per heavy atom. The summed E-state index contributed by atoms with van der Waals surface area (Å²) >= 11 is 2.95. The molecule has 1 amide bonds. The predicted octanol–water partition coefficient (Wildman–Crippen LogP) is 1.66. The molecule has 2 aromatic heterocycles. The van der Waals surface area contributed by atoms with Crippen molar-refractivity contribution < 1.29 is 4.79 Å². The van der Waals surface area contributed by atoms with Crippen LogP contribution >= 0.6 is 23.1 Å². The van der Waals surface area contributed by atoms with E-state index in [0.29, 0.717) is 10.9 Å². The molecule has 0 unspecified atom stereocenters. The SMILES string of the molecule is CN(C)C(=O)CSc1nc2sc3c(c2c(=O)n1C)CCC3. The summed E-state index contributed by atoms with van der Waals surface area (Å²) in [5.74, 6) is 0.312. The molecular weight excluding hydrogens is 306 g/mol. The molecule has 0 atom stereocenters. The summed E-state index contributed by atoms with van der Waals surface area (Å²) in [7, 11) is 5.18. The molecule has 1 aliphatic rings. The highest BCUT2D eigenvalue weighted by atomic mass is 32.2. The summed E-state index contributed by atoms with van der Waals surface area (Å²) in [6, 6.07) is 0. The summed E-state index contributed by atoms with van der Waals surface area (Å²) in [5.41, 5.74) is 1.21. The summed E-state index contributed by atoms with van der Waals surface area (Å²) in [6.07, 6.45) is 3.17. The van der Waals surface area contributed by atoms with E-state index in [4.69, 9.17) is 0 Å². The largest absolute Gasteiger partial charge is 0.348 e. The van der Waals surface area contributed by atoms with Crippen LogP contribution in [0.15, 0.2) is 9.95 Å². The minimum Gasteiger partial charge on any atom is -0.348 e. The maximum atomic E-state index is 12.6. The van der Waals surface area contributed by atoms with Crippen LogP contribution in [0.2, 0.25) is 0 Å². The Balaban J connectivity index is 2.00. The molecule has 0 fully saturated rings. The Labute approximate surface area is 131 Å². The van der Waals surface area contributed by atoms with Gasteiger partial charge in [0.05, 0.1) is 11.1 Å². The molecule has 0 bridgehead atoms. The number of fused-ring (bicyclic) bond motifs is 3. The quantitative estimate of drug-likeness (QED) is 0.637. The van der Waals surface area contributed by atoms with E-state index in [1.165, 1.54) is 22.2 Å². The van der Waals surface area contributed by atoms with E-state index in [2.05, 4.69) is 4.98 Å². The second-order valence-corrected chi connectivity index (χ2v) is 7.40. The zero-order valence-electron chi connectivity index (χ0n) is 12.3. The third kappa shape index (κ3) is 2.48. The molecule has 0 radical (unpaired) electrons. The Hall–Kier alpha value is -1.34. The zero-order valence-corrected chi connectivity index (χ0v) is 13.9. The maximum Gasteiger partial charge on any atom is 0.262 e. The maximum absolute atomic E-state index is 12.6. The molecule has 0 N–H and O–H groups in total. The van der Waals surface area contributed by atoms with Crippen molar-refractivity contribution in [1.29, 1.82) is 0 Å². The topological polar surface area (TPSA) is 55.2 Å². The first-order valence-electron chi connectivity index (χ1n) is 6.83. The van der Waals surface area contributed by atoms with Crippen molar-refractivity contribution in [2.75, 3.05) is 19.8 Å². The molecule has 0 aliphatic heterocycles. The molecule has 7 heteroatoms. The Bertz CT molecular complexity index is 777. The number of nitrogens with zero attached hydrogens (tertiary/aromatic N) is 3. The van der Waals surface area contributed by atoms with Crippen LogP contribution in [-0.4, -0.2) is 40.2 Å². The lowest BCUT2D eigenvalue weighted by molar-refractivity contribution is -0.125. The van der Waals surface area contributed by atoms with Crippen LogP contribution in [0.1, 0.15) is 16.9 Å². The number of hydrogen-bond donors (Lipinski definition) is 0. The Kier molecular flexibility index (Phi) is 3.79. The van der Waals surface area contributed by atoms with Crippen LogP contribution in [-0.2, 0) is 24.7 Å². The summed E-state index contributed by atoms with van der Waals surface area (Å²) in [6.45, 7) is 0. The van der Waals surface area contributed by atoms with E-state index in [0.717, 1.165) is 29.5 Å². The van der Waals surface area contributed by atoms with Gasteiger partial charge in [0.15, 0.2) is 5.16 Å². The molecular formula is C14H17N3O2S2.